The molecule has 1 spiro atoms. The Labute approximate surface area is 104 Å². The largest absolute Gasteiger partial charge is 0.359 e. The third-order valence-corrected chi connectivity index (χ3v) is 4.07. The molecule has 2 atom stereocenters. The highest BCUT2D eigenvalue weighted by Crippen LogP contribution is 2.58. The maximum absolute atomic E-state index is 12.1. The minimum Gasteiger partial charge on any atom is -0.359 e. The molecule has 1 N–H and O–H groups in total. The third kappa shape index (κ3) is 1.60. The molecule has 18 heavy (non-hydrogen) atoms. The summed E-state index contributed by atoms with van der Waals surface area (Å²) in [7, 11) is 1.65. The standard InChI is InChI=1S/C12H15N3O3/c1-13-10(16)8-6-12(8)3-5-15(7-12)11(17)9-2-4-14-18-9/h2,4,8H,3,5-7H2,1H3,(H,13,16). The summed E-state index contributed by atoms with van der Waals surface area (Å²) in [6.45, 7) is 1.33. The summed E-state index contributed by atoms with van der Waals surface area (Å²) in [5.74, 6) is 0.287. The van der Waals surface area contributed by atoms with Crippen LogP contribution in [0, 0.1) is 11.3 Å². The second kappa shape index (κ2) is 3.83. The Morgan fingerprint density at radius 3 is 3.11 bits per heavy atom. The Kier molecular flexibility index (Phi) is 2.39. The van der Waals surface area contributed by atoms with Gasteiger partial charge in [0, 0.05) is 37.5 Å². The molecule has 0 bridgehead atoms. The first-order valence-corrected chi connectivity index (χ1v) is 6.08. The van der Waals surface area contributed by atoms with Crippen molar-refractivity contribution in [3.8, 4) is 0 Å². The molecule has 3 rings (SSSR count). The lowest BCUT2D eigenvalue weighted by Crippen LogP contribution is -2.30. The second-order valence-corrected chi connectivity index (χ2v) is 5.09. The first kappa shape index (κ1) is 11.3. The predicted octanol–water partition coefficient (Wildman–Crippen LogP) is 0.273. The van der Waals surface area contributed by atoms with E-state index in [1.807, 2.05) is 0 Å². The Balaban J connectivity index is 1.67. The van der Waals surface area contributed by atoms with Crippen molar-refractivity contribution >= 4 is 11.8 Å². The highest BCUT2D eigenvalue weighted by atomic mass is 16.5. The third-order valence-electron chi connectivity index (χ3n) is 4.07. The van der Waals surface area contributed by atoms with Crippen LogP contribution in [0.1, 0.15) is 23.4 Å². The first-order valence-electron chi connectivity index (χ1n) is 6.08. The Bertz CT molecular complexity index is 485. The van der Waals surface area contributed by atoms with Crippen molar-refractivity contribution in [3.05, 3.63) is 18.0 Å². The van der Waals surface area contributed by atoms with Gasteiger partial charge >= 0.3 is 0 Å². The van der Waals surface area contributed by atoms with E-state index in [2.05, 4.69) is 10.5 Å². The number of amides is 2. The van der Waals surface area contributed by atoms with Gasteiger partial charge in [0.1, 0.15) is 0 Å². The number of nitrogens with one attached hydrogen (secondary N) is 1. The molecule has 2 unspecified atom stereocenters. The number of hydrogen-bond donors (Lipinski definition) is 1. The average molecular weight is 249 g/mol. The van der Waals surface area contributed by atoms with Crippen LogP contribution in [0.15, 0.2) is 16.8 Å². The summed E-state index contributed by atoms with van der Waals surface area (Å²) >= 11 is 0. The van der Waals surface area contributed by atoms with E-state index in [-0.39, 0.29) is 28.9 Å². The van der Waals surface area contributed by atoms with Gasteiger partial charge in [-0.2, -0.15) is 0 Å². The molecule has 0 radical (unpaired) electrons. The summed E-state index contributed by atoms with van der Waals surface area (Å²) in [5, 5.41) is 6.22. The van der Waals surface area contributed by atoms with Crippen LogP contribution in [-0.4, -0.2) is 42.0 Å². The molecule has 1 aliphatic heterocycles. The lowest BCUT2D eigenvalue weighted by Gasteiger charge is -2.14. The van der Waals surface area contributed by atoms with Crippen LogP contribution in [0.5, 0.6) is 0 Å². The molecule has 2 heterocycles. The summed E-state index contributed by atoms with van der Waals surface area (Å²) in [5.41, 5.74) is 0.00970. The maximum Gasteiger partial charge on any atom is 0.292 e. The molecule has 1 aliphatic carbocycles. The normalized spacial score (nSPS) is 29.6. The molecule has 96 valence electrons. The molecule has 0 aromatic carbocycles. The quantitative estimate of drug-likeness (QED) is 0.816. The van der Waals surface area contributed by atoms with Crippen molar-refractivity contribution in [3.63, 3.8) is 0 Å². The lowest BCUT2D eigenvalue weighted by atomic mass is 10.0. The SMILES string of the molecule is CNC(=O)C1CC12CCN(C(=O)c1ccno1)C2. The van der Waals surface area contributed by atoms with Gasteiger partial charge in [-0.1, -0.05) is 5.16 Å². The van der Waals surface area contributed by atoms with Crippen molar-refractivity contribution in [1.29, 1.82) is 0 Å². The van der Waals surface area contributed by atoms with Gasteiger partial charge in [-0.05, 0) is 12.8 Å². The van der Waals surface area contributed by atoms with Crippen molar-refractivity contribution < 1.29 is 14.1 Å². The van der Waals surface area contributed by atoms with Gasteiger partial charge in [-0.15, -0.1) is 0 Å². The summed E-state index contributed by atoms with van der Waals surface area (Å²) in [6.07, 6.45) is 3.24. The predicted molar refractivity (Wildman–Crippen MR) is 61.6 cm³/mol. The van der Waals surface area contributed by atoms with Crippen LogP contribution in [0.25, 0.3) is 0 Å². The topological polar surface area (TPSA) is 75.4 Å². The lowest BCUT2D eigenvalue weighted by molar-refractivity contribution is -0.122. The molecule has 2 aliphatic rings. The zero-order chi connectivity index (χ0) is 12.8. The highest BCUT2D eigenvalue weighted by molar-refractivity contribution is 5.92. The summed E-state index contributed by atoms with van der Waals surface area (Å²) in [4.78, 5) is 25.4. The van der Waals surface area contributed by atoms with E-state index in [4.69, 9.17) is 4.52 Å². The van der Waals surface area contributed by atoms with Crippen LogP contribution in [0.4, 0.5) is 0 Å². The molecule has 1 saturated carbocycles. The zero-order valence-corrected chi connectivity index (χ0v) is 10.2. The Morgan fingerprint density at radius 2 is 2.44 bits per heavy atom. The Hall–Kier alpha value is -1.85. The fourth-order valence-electron chi connectivity index (χ4n) is 2.89. The van der Waals surface area contributed by atoms with E-state index in [0.717, 1.165) is 12.8 Å². The monoisotopic (exact) mass is 249 g/mol. The minimum atomic E-state index is -0.132. The van der Waals surface area contributed by atoms with E-state index in [1.54, 1.807) is 18.0 Å². The van der Waals surface area contributed by atoms with Gasteiger partial charge in [0.15, 0.2) is 0 Å². The minimum absolute atomic E-state index is 0.00970. The molecule has 6 heteroatoms. The average Bonchev–Trinajstić information content (AvgIpc) is 2.77. The maximum atomic E-state index is 12.1. The van der Waals surface area contributed by atoms with Gasteiger partial charge < -0.3 is 14.7 Å². The van der Waals surface area contributed by atoms with Gasteiger partial charge in [0.05, 0.1) is 6.20 Å². The number of nitrogens with zero attached hydrogens (tertiary/aromatic N) is 2. The summed E-state index contributed by atoms with van der Waals surface area (Å²) in [6, 6.07) is 1.57. The molecule has 2 amide bonds. The van der Waals surface area contributed by atoms with Crippen molar-refractivity contribution in [1.82, 2.24) is 15.4 Å². The van der Waals surface area contributed by atoms with Crippen molar-refractivity contribution in [2.45, 2.75) is 12.8 Å². The number of carbonyl (C=O) groups excluding carboxylic acids is 2. The Morgan fingerprint density at radius 1 is 1.61 bits per heavy atom. The van der Waals surface area contributed by atoms with Gasteiger partial charge in [-0.25, -0.2) is 0 Å². The van der Waals surface area contributed by atoms with Gasteiger partial charge in [-0.3, -0.25) is 9.59 Å². The van der Waals surface area contributed by atoms with Crippen molar-refractivity contribution in [2.24, 2.45) is 11.3 Å². The number of aromatic nitrogens is 1. The second-order valence-electron chi connectivity index (χ2n) is 5.09. The molecule has 1 aromatic rings. The summed E-state index contributed by atoms with van der Waals surface area (Å²) < 4.78 is 4.87. The van der Waals surface area contributed by atoms with E-state index >= 15 is 0 Å². The highest BCUT2D eigenvalue weighted by Gasteiger charge is 2.61. The van der Waals surface area contributed by atoms with Gasteiger partial charge in [0.2, 0.25) is 11.7 Å². The van der Waals surface area contributed by atoms with E-state index < -0.39 is 0 Å². The molecular weight excluding hydrogens is 234 g/mol. The first-order chi connectivity index (χ1) is 8.66. The molecule has 2 fully saturated rings. The molecule has 6 nitrogen and oxygen atoms in total. The van der Waals surface area contributed by atoms with E-state index in [0.29, 0.717) is 13.1 Å². The van der Waals surface area contributed by atoms with Crippen LogP contribution in [0.2, 0.25) is 0 Å². The van der Waals surface area contributed by atoms with Crippen molar-refractivity contribution in [2.75, 3.05) is 20.1 Å². The van der Waals surface area contributed by atoms with E-state index in [1.165, 1.54) is 6.20 Å². The fourth-order valence-corrected chi connectivity index (χ4v) is 2.89. The molecule has 1 aromatic heterocycles. The fraction of sp³-hybridized carbons (Fsp3) is 0.583. The van der Waals surface area contributed by atoms with Crippen LogP contribution in [0.3, 0.4) is 0 Å². The number of likely N-dealkylation sites (tertiary alicyclic amines) is 1. The van der Waals surface area contributed by atoms with Crippen LogP contribution < -0.4 is 5.32 Å². The zero-order valence-electron chi connectivity index (χ0n) is 10.2. The smallest absolute Gasteiger partial charge is 0.292 e. The number of rotatable bonds is 2. The van der Waals surface area contributed by atoms with Gasteiger partial charge in [0.25, 0.3) is 5.91 Å². The molecular formula is C12H15N3O3. The number of hydrogen-bond acceptors (Lipinski definition) is 4. The number of carbonyl (C=O) groups is 2. The van der Waals surface area contributed by atoms with Crippen LogP contribution >= 0.6 is 0 Å². The van der Waals surface area contributed by atoms with Crippen LogP contribution in [-0.2, 0) is 4.79 Å². The van der Waals surface area contributed by atoms with E-state index in [9.17, 15) is 9.59 Å². The molecule has 1 saturated heterocycles.